The van der Waals surface area contributed by atoms with E-state index >= 15 is 0 Å². The molecule has 0 amide bonds. The van der Waals surface area contributed by atoms with Crippen molar-refractivity contribution in [1.82, 2.24) is 4.98 Å². The number of hydrogen-bond acceptors (Lipinski definition) is 4. The molecule has 1 aromatic heterocycles. The molecule has 0 saturated carbocycles. The van der Waals surface area contributed by atoms with Crippen LogP contribution in [-0.2, 0) is 0 Å². The minimum Gasteiger partial charge on any atom is -0.497 e. The van der Waals surface area contributed by atoms with Crippen LogP contribution in [0.1, 0.15) is 0 Å². The molecule has 94 valence electrons. The van der Waals surface area contributed by atoms with E-state index in [0.29, 0.717) is 0 Å². The molecule has 4 heteroatoms. The van der Waals surface area contributed by atoms with Gasteiger partial charge in [-0.3, -0.25) is 0 Å². The molecule has 0 spiro atoms. The number of rotatable bonds is 4. The van der Waals surface area contributed by atoms with Crippen molar-refractivity contribution in [3.05, 3.63) is 42.5 Å². The average Bonchev–Trinajstić information content (AvgIpc) is 2.46. The van der Waals surface area contributed by atoms with Crippen LogP contribution >= 0.6 is 0 Å². The predicted molar refractivity (Wildman–Crippen MR) is 74.8 cm³/mol. The van der Waals surface area contributed by atoms with Gasteiger partial charge in [-0.1, -0.05) is 12.1 Å². The highest BCUT2D eigenvalue weighted by molar-refractivity contribution is 5.62. The van der Waals surface area contributed by atoms with Gasteiger partial charge in [0.15, 0.2) is 0 Å². The summed E-state index contributed by atoms with van der Waals surface area (Å²) in [4.78, 5) is 6.51. The van der Waals surface area contributed by atoms with E-state index in [9.17, 15) is 0 Å². The van der Waals surface area contributed by atoms with Crippen LogP contribution in [0.5, 0.6) is 5.75 Å². The van der Waals surface area contributed by atoms with Gasteiger partial charge in [-0.15, -0.1) is 0 Å². The van der Waals surface area contributed by atoms with Crippen molar-refractivity contribution in [2.75, 3.05) is 31.4 Å². The van der Waals surface area contributed by atoms with Gasteiger partial charge in [0.1, 0.15) is 17.4 Å². The fourth-order valence-electron chi connectivity index (χ4n) is 1.70. The molecule has 0 saturated heterocycles. The Labute approximate surface area is 107 Å². The number of nitrogens with zero attached hydrogens (tertiary/aromatic N) is 2. The highest BCUT2D eigenvalue weighted by Gasteiger charge is 2.06. The van der Waals surface area contributed by atoms with E-state index in [0.717, 1.165) is 23.1 Å². The summed E-state index contributed by atoms with van der Waals surface area (Å²) in [5.41, 5.74) is 1.04. The SMILES string of the molecule is CNc1cccc(N(C)c2cccc(OC)c2)n1. The van der Waals surface area contributed by atoms with Gasteiger partial charge in [-0.25, -0.2) is 4.98 Å². The summed E-state index contributed by atoms with van der Waals surface area (Å²) in [6.45, 7) is 0. The summed E-state index contributed by atoms with van der Waals surface area (Å²) in [5, 5.41) is 3.03. The number of methoxy groups -OCH3 is 1. The first kappa shape index (κ1) is 12.2. The molecule has 4 nitrogen and oxygen atoms in total. The molecule has 0 radical (unpaired) electrons. The van der Waals surface area contributed by atoms with Gasteiger partial charge in [-0.05, 0) is 24.3 Å². The molecule has 0 bridgehead atoms. The molecule has 0 aliphatic heterocycles. The van der Waals surface area contributed by atoms with Gasteiger partial charge in [0, 0.05) is 25.8 Å². The van der Waals surface area contributed by atoms with Gasteiger partial charge < -0.3 is 15.0 Å². The Hall–Kier alpha value is -2.23. The Balaban J connectivity index is 2.31. The Bertz CT molecular complexity index is 480. The first-order chi connectivity index (χ1) is 8.74. The van der Waals surface area contributed by atoms with Crippen molar-refractivity contribution in [3.63, 3.8) is 0 Å². The summed E-state index contributed by atoms with van der Waals surface area (Å²) >= 11 is 0. The van der Waals surface area contributed by atoms with Gasteiger partial charge in [0.25, 0.3) is 0 Å². The molecule has 0 aliphatic carbocycles. The molecular weight excluding hydrogens is 226 g/mol. The maximum absolute atomic E-state index is 5.23. The van der Waals surface area contributed by atoms with Gasteiger partial charge >= 0.3 is 0 Å². The number of benzene rings is 1. The summed E-state index contributed by atoms with van der Waals surface area (Å²) < 4.78 is 5.23. The minimum atomic E-state index is 0.837. The standard InChI is InChI=1S/C14H17N3O/c1-15-13-8-5-9-14(16-13)17(2)11-6-4-7-12(10-11)18-3/h4-10H,1-3H3,(H,15,16). The lowest BCUT2D eigenvalue weighted by atomic mass is 10.2. The zero-order valence-electron chi connectivity index (χ0n) is 10.8. The van der Waals surface area contributed by atoms with Crippen molar-refractivity contribution in [1.29, 1.82) is 0 Å². The minimum absolute atomic E-state index is 0.837. The molecule has 0 fully saturated rings. The van der Waals surface area contributed by atoms with Crippen molar-refractivity contribution in [2.24, 2.45) is 0 Å². The van der Waals surface area contributed by atoms with E-state index in [1.165, 1.54) is 0 Å². The normalized spacial score (nSPS) is 9.94. The van der Waals surface area contributed by atoms with E-state index in [-0.39, 0.29) is 0 Å². The largest absolute Gasteiger partial charge is 0.497 e. The molecular formula is C14H17N3O. The van der Waals surface area contributed by atoms with Gasteiger partial charge in [0.2, 0.25) is 0 Å². The highest BCUT2D eigenvalue weighted by atomic mass is 16.5. The lowest BCUT2D eigenvalue weighted by Crippen LogP contribution is -2.11. The van der Waals surface area contributed by atoms with Crippen LogP contribution < -0.4 is 15.0 Å². The molecule has 0 aliphatic rings. The second kappa shape index (κ2) is 5.40. The van der Waals surface area contributed by atoms with Gasteiger partial charge in [0.05, 0.1) is 7.11 Å². The Morgan fingerprint density at radius 1 is 1.17 bits per heavy atom. The fraction of sp³-hybridized carbons (Fsp3) is 0.214. The van der Waals surface area contributed by atoms with Crippen LogP contribution in [0, 0.1) is 0 Å². The third-order valence-electron chi connectivity index (χ3n) is 2.77. The van der Waals surface area contributed by atoms with Crippen molar-refractivity contribution < 1.29 is 4.74 Å². The molecule has 2 aromatic rings. The number of hydrogen-bond donors (Lipinski definition) is 1. The first-order valence-electron chi connectivity index (χ1n) is 5.77. The lowest BCUT2D eigenvalue weighted by molar-refractivity contribution is 0.415. The van der Waals surface area contributed by atoms with Crippen LogP contribution in [0.2, 0.25) is 0 Å². The number of ether oxygens (including phenoxy) is 1. The third-order valence-corrected chi connectivity index (χ3v) is 2.77. The number of nitrogens with one attached hydrogen (secondary N) is 1. The van der Waals surface area contributed by atoms with Crippen LogP contribution in [0.25, 0.3) is 0 Å². The van der Waals surface area contributed by atoms with Crippen LogP contribution in [0.15, 0.2) is 42.5 Å². The van der Waals surface area contributed by atoms with E-state index in [1.807, 2.05) is 61.5 Å². The zero-order valence-corrected chi connectivity index (χ0v) is 10.8. The molecule has 18 heavy (non-hydrogen) atoms. The summed E-state index contributed by atoms with van der Waals surface area (Å²) in [6, 6.07) is 13.8. The monoisotopic (exact) mass is 243 g/mol. The number of anilines is 3. The molecule has 2 rings (SSSR count). The summed E-state index contributed by atoms with van der Waals surface area (Å²) in [7, 11) is 5.51. The van der Waals surface area contributed by atoms with E-state index < -0.39 is 0 Å². The summed E-state index contributed by atoms with van der Waals surface area (Å²) in [6.07, 6.45) is 0. The first-order valence-corrected chi connectivity index (χ1v) is 5.77. The highest BCUT2D eigenvalue weighted by Crippen LogP contribution is 2.25. The quantitative estimate of drug-likeness (QED) is 0.896. The van der Waals surface area contributed by atoms with Crippen LogP contribution in [0.4, 0.5) is 17.3 Å². The number of pyridine rings is 1. The molecule has 1 heterocycles. The summed E-state index contributed by atoms with van der Waals surface area (Å²) in [5.74, 6) is 2.57. The molecule has 0 atom stereocenters. The van der Waals surface area contributed by atoms with Crippen LogP contribution in [-0.4, -0.2) is 26.2 Å². The third kappa shape index (κ3) is 2.53. The second-order valence-electron chi connectivity index (χ2n) is 3.89. The van der Waals surface area contributed by atoms with Crippen molar-refractivity contribution >= 4 is 17.3 Å². The molecule has 1 aromatic carbocycles. The smallest absolute Gasteiger partial charge is 0.135 e. The predicted octanol–water partition coefficient (Wildman–Crippen LogP) is 2.90. The second-order valence-corrected chi connectivity index (χ2v) is 3.89. The molecule has 0 unspecified atom stereocenters. The fourth-order valence-corrected chi connectivity index (χ4v) is 1.70. The maximum atomic E-state index is 5.23. The van der Waals surface area contributed by atoms with Crippen LogP contribution in [0.3, 0.4) is 0 Å². The topological polar surface area (TPSA) is 37.4 Å². The Kier molecular flexibility index (Phi) is 3.67. The Morgan fingerprint density at radius 3 is 2.67 bits per heavy atom. The van der Waals surface area contributed by atoms with Gasteiger partial charge in [-0.2, -0.15) is 0 Å². The zero-order chi connectivity index (χ0) is 13.0. The number of aromatic nitrogens is 1. The average molecular weight is 243 g/mol. The Morgan fingerprint density at radius 2 is 1.94 bits per heavy atom. The van der Waals surface area contributed by atoms with Crippen molar-refractivity contribution in [3.8, 4) is 5.75 Å². The maximum Gasteiger partial charge on any atom is 0.135 e. The lowest BCUT2D eigenvalue weighted by Gasteiger charge is -2.19. The molecule has 1 N–H and O–H groups in total. The van der Waals surface area contributed by atoms with E-state index in [1.54, 1.807) is 7.11 Å². The van der Waals surface area contributed by atoms with E-state index in [2.05, 4.69) is 10.3 Å². The van der Waals surface area contributed by atoms with E-state index in [4.69, 9.17) is 4.74 Å². The van der Waals surface area contributed by atoms with Crippen molar-refractivity contribution in [2.45, 2.75) is 0 Å².